The summed E-state index contributed by atoms with van der Waals surface area (Å²) in [5, 5.41) is 7.01. The van der Waals surface area contributed by atoms with Crippen LogP contribution in [-0.4, -0.2) is 42.1 Å². The Labute approximate surface area is 115 Å². The van der Waals surface area contributed by atoms with Crippen LogP contribution in [0.4, 0.5) is 0 Å². The summed E-state index contributed by atoms with van der Waals surface area (Å²) in [6, 6.07) is 0.677. The summed E-state index contributed by atoms with van der Waals surface area (Å²) >= 11 is 1.76. The fraction of sp³-hybridized carbons (Fsp3) is 0.786. The van der Waals surface area contributed by atoms with Crippen LogP contribution in [0.1, 0.15) is 31.0 Å². The average Bonchev–Trinajstić information content (AvgIpc) is 2.72. The molecule has 0 aliphatic carbocycles. The van der Waals surface area contributed by atoms with Crippen LogP contribution in [-0.2, 0) is 6.42 Å². The average molecular weight is 267 g/mol. The molecule has 1 N–H and O–H groups in total. The molecule has 2 rings (SSSR count). The minimum Gasteiger partial charge on any atom is -0.311 e. The van der Waals surface area contributed by atoms with Gasteiger partial charge in [-0.05, 0) is 19.3 Å². The number of piperazine rings is 1. The summed E-state index contributed by atoms with van der Waals surface area (Å²) < 4.78 is 0. The van der Waals surface area contributed by atoms with E-state index >= 15 is 0 Å². The predicted octanol–water partition coefficient (Wildman–Crippen LogP) is 2.31. The number of aryl methyl sites for hydroxylation is 1. The second-order valence-corrected chi connectivity index (χ2v) is 6.75. The van der Waals surface area contributed by atoms with Crippen LogP contribution in [0, 0.1) is 12.8 Å². The highest BCUT2D eigenvalue weighted by atomic mass is 32.1. The van der Waals surface area contributed by atoms with Crippen LogP contribution in [0.5, 0.6) is 0 Å². The van der Waals surface area contributed by atoms with Crippen LogP contribution >= 0.6 is 11.3 Å². The third-order valence-corrected chi connectivity index (χ3v) is 4.27. The molecular formula is C14H25N3S. The van der Waals surface area contributed by atoms with Crippen molar-refractivity contribution in [3.63, 3.8) is 0 Å². The largest absolute Gasteiger partial charge is 0.311 e. The molecule has 0 bridgehead atoms. The van der Waals surface area contributed by atoms with Gasteiger partial charge in [-0.2, -0.15) is 0 Å². The van der Waals surface area contributed by atoms with Gasteiger partial charge in [0.25, 0.3) is 0 Å². The van der Waals surface area contributed by atoms with Gasteiger partial charge in [-0.25, -0.2) is 4.98 Å². The predicted molar refractivity (Wildman–Crippen MR) is 78.2 cm³/mol. The molecule has 3 nitrogen and oxygen atoms in total. The van der Waals surface area contributed by atoms with E-state index in [-0.39, 0.29) is 0 Å². The smallest absolute Gasteiger partial charge is 0.0897 e. The van der Waals surface area contributed by atoms with Crippen molar-refractivity contribution < 1.29 is 0 Å². The molecule has 0 aromatic carbocycles. The lowest BCUT2D eigenvalue weighted by Crippen LogP contribution is -2.51. The summed E-state index contributed by atoms with van der Waals surface area (Å²) in [5.74, 6) is 0.781. The number of thiazole rings is 1. The highest BCUT2D eigenvalue weighted by Gasteiger charge is 2.19. The maximum Gasteiger partial charge on any atom is 0.0897 e. The molecule has 1 saturated heterocycles. The molecule has 1 aromatic heterocycles. The second kappa shape index (κ2) is 6.64. The minimum absolute atomic E-state index is 0.677. The minimum atomic E-state index is 0.677. The SMILES string of the molecule is Cc1nc(CCN2CCNC(CC(C)C)C2)cs1. The first-order valence-corrected chi connectivity index (χ1v) is 7.88. The highest BCUT2D eigenvalue weighted by molar-refractivity contribution is 7.09. The summed E-state index contributed by atoms with van der Waals surface area (Å²) in [6.45, 7) is 11.3. The van der Waals surface area contributed by atoms with Gasteiger partial charge in [0.2, 0.25) is 0 Å². The zero-order valence-electron chi connectivity index (χ0n) is 11.8. The van der Waals surface area contributed by atoms with E-state index in [2.05, 4.69) is 41.4 Å². The van der Waals surface area contributed by atoms with Crippen LogP contribution in [0.2, 0.25) is 0 Å². The van der Waals surface area contributed by atoms with Crippen molar-refractivity contribution in [3.8, 4) is 0 Å². The van der Waals surface area contributed by atoms with Gasteiger partial charge in [0.15, 0.2) is 0 Å². The summed E-state index contributed by atoms with van der Waals surface area (Å²) in [4.78, 5) is 7.12. The first-order chi connectivity index (χ1) is 8.63. The Balaban J connectivity index is 1.75. The van der Waals surface area contributed by atoms with E-state index in [1.807, 2.05) is 0 Å². The maximum absolute atomic E-state index is 4.54. The fourth-order valence-corrected chi connectivity index (χ4v) is 3.27. The van der Waals surface area contributed by atoms with E-state index in [1.54, 1.807) is 11.3 Å². The van der Waals surface area contributed by atoms with Gasteiger partial charge >= 0.3 is 0 Å². The van der Waals surface area contributed by atoms with Crippen LogP contribution in [0.15, 0.2) is 5.38 Å². The maximum atomic E-state index is 4.54. The summed E-state index contributed by atoms with van der Waals surface area (Å²) in [5.41, 5.74) is 1.26. The van der Waals surface area contributed by atoms with Crippen LogP contribution < -0.4 is 5.32 Å². The van der Waals surface area contributed by atoms with E-state index in [1.165, 1.54) is 30.2 Å². The van der Waals surface area contributed by atoms with Crippen molar-refractivity contribution in [1.82, 2.24) is 15.2 Å². The lowest BCUT2D eigenvalue weighted by Gasteiger charge is -2.34. The molecule has 1 unspecified atom stereocenters. The third-order valence-electron chi connectivity index (χ3n) is 3.45. The Morgan fingerprint density at radius 3 is 3.06 bits per heavy atom. The number of rotatable bonds is 5. The van der Waals surface area contributed by atoms with Gasteiger partial charge in [0.1, 0.15) is 0 Å². The molecule has 18 heavy (non-hydrogen) atoms. The Bertz CT molecular complexity index is 362. The second-order valence-electron chi connectivity index (χ2n) is 5.69. The van der Waals surface area contributed by atoms with Gasteiger partial charge in [0.05, 0.1) is 10.7 Å². The summed E-state index contributed by atoms with van der Waals surface area (Å²) in [7, 11) is 0. The number of hydrogen-bond acceptors (Lipinski definition) is 4. The molecule has 1 fully saturated rings. The Kier molecular flexibility index (Phi) is 5.15. The van der Waals surface area contributed by atoms with Gasteiger partial charge < -0.3 is 10.2 Å². The Morgan fingerprint density at radius 1 is 1.56 bits per heavy atom. The van der Waals surface area contributed by atoms with Gasteiger partial charge in [0, 0.05) is 44.0 Å². The standard InChI is InChI=1S/C14H25N3S/c1-11(2)8-14-9-17(7-5-15-14)6-4-13-10-18-12(3)16-13/h10-11,14-15H,4-9H2,1-3H3. The molecular weight excluding hydrogens is 242 g/mol. The topological polar surface area (TPSA) is 28.2 Å². The van der Waals surface area contributed by atoms with Gasteiger partial charge in [-0.3, -0.25) is 0 Å². The number of nitrogens with one attached hydrogen (secondary N) is 1. The third kappa shape index (κ3) is 4.34. The molecule has 1 aliphatic heterocycles. The molecule has 2 heterocycles. The van der Waals surface area contributed by atoms with Crippen LogP contribution in [0.25, 0.3) is 0 Å². The van der Waals surface area contributed by atoms with E-state index in [0.29, 0.717) is 6.04 Å². The molecule has 4 heteroatoms. The van der Waals surface area contributed by atoms with Crippen molar-refractivity contribution in [2.24, 2.45) is 5.92 Å². The quantitative estimate of drug-likeness (QED) is 0.887. The van der Waals surface area contributed by atoms with E-state index in [4.69, 9.17) is 0 Å². The monoisotopic (exact) mass is 267 g/mol. The zero-order valence-corrected chi connectivity index (χ0v) is 12.6. The normalized spacial score (nSPS) is 21.7. The van der Waals surface area contributed by atoms with Crippen LogP contribution in [0.3, 0.4) is 0 Å². The molecule has 1 aromatic rings. The molecule has 0 amide bonds. The number of nitrogens with zero attached hydrogens (tertiary/aromatic N) is 2. The molecule has 1 atom stereocenters. The van der Waals surface area contributed by atoms with Crippen molar-refractivity contribution in [3.05, 3.63) is 16.1 Å². The van der Waals surface area contributed by atoms with Gasteiger partial charge in [-0.1, -0.05) is 13.8 Å². The molecule has 0 saturated carbocycles. The molecule has 0 radical (unpaired) electrons. The van der Waals surface area contributed by atoms with Crippen molar-refractivity contribution in [1.29, 1.82) is 0 Å². The lowest BCUT2D eigenvalue weighted by molar-refractivity contribution is 0.188. The fourth-order valence-electron chi connectivity index (χ4n) is 2.62. The van der Waals surface area contributed by atoms with Crippen molar-refractivity contribution in [2.75, 3.05) is 26.2 Å². The first-order valence-electron chi connectivity index (χ1n) is 7.00. The number of hydrogen-bond donors (Lipinski definition) is 1. The number of aromatic nitrogens is 1. The highest BCUT2D eigenvalue weighted by Crippen LogP contribution is 2.12. The van der Waals surface area contributed by atoms with E-state index in [0.717, 1.165) is 25.4 Å². The van der Waals surface area contributed by atoms with Crippen molar-refractivity contribution >= 4 is 11.3 Å². The molecule has 0 spiro atoms. The van der Waals surface area contributed by atoms with Gasteiger partial charge in [-0.15, -0.1) is 11.3 Å². The summed E-state index contributed by atoms with van der Waals surface area (Å²) in [6.07, 6.45) is 2.38. The zero-order chi connectivity index (χ0) is 13.0. The van der Waals surface area contributed by atoms with E-state index < -0.39 is 0 Å². The lowest BCUT2D eigenvalue weighted by atomic mass is 10.0. The first kappa shape index (κ1) is 14.0. The molecule has 102 valence electrons. The Morgan fingerprint density at radius 2 is 2.39 bits per heavy atom. The molecule has 1 aliphatic rings. The van der Waals surface area contributed by atoms with E-state index in [9.17, 15) is 0 Å². The Hall–Kier alpha value is -0.450. The van der Waals surface area contributed by atoms with Crippen molar-refractivity contribution in [2.45, 2.75) is 39.7 Å².